The largest absolute Gasteiger partial charge is 0.416 e. The molecule has 4 rings (SSSR count). The molecule has 32 heavy (non-hydrogen) atoms. The summed E-state index contributed by atoms with van der Waals surface area (Å²) in [7, 11) is 1.66. The van der Waals surface area contributed by atoms with Gasteiger partial charge in [-0.05, 0) is 35.9 Å². The third-order valence-corrected chi connectivity index (χ3v) is 4.82. The molecule has 0 fully saturated rings. The number of hydrogen-bond donors (Lipinski definition) is 2. The topological polar surface area (TPSA) is 84.7 Å². The summed E-state index contributed by atoms with van der Waals surface area (Å²) in [6.45, 7) is 0.221. The van der Waals surface area contributed by atoms with E-state index in [2.05, 4.69) is 25.7 Å². The van der Waals surface area contributed by atoms with E-state index in [9.17, 15) is 18.0 Å². The summed E-state index contributed by atoms with van der Waals surface area (Å²) < 4.78 is 40.4. The van der Waals surface area contributed by atoms with Gasteiger partial charge >= 0.3 is 6.18 Å². The van der Waals surface area contributed by atoms with Gasteiger partial charge in [0.15, 0.2) is 5.82 Å². The Balaban J connectivity index is 1.55. The van der Waals surface area contributed by atoms with Gasteiger partial charge in [-0.2, -0.15) is 18.3 Å². The minimum atomic E-state index is -4.41. The zero-order valence-electron chi connectivity index (χ0n) is 17.0. The highest BCUT2D eigenvalue weighted by Crippen LogP contribution is 2.30. The van der Waals surface area contributed by atoms with Gasteiger partial charge in [0.25, 0.3) is 5.91 Å². The Morgan fingerprint density at radius 1 is 1.03 bits per heavy atom. The zero-order chi connectivity index (χ0) is 22.7. The van der Waals surface area contributed by atoms with Crippen LogP contribution in [0.2, 0.25) is 0 Å². The van der Waals surface area contributed by atoms with Crippen molar-refractivity contribution >= 4 is 22.6 Å². The van der Waals surface area contributed by atoms with Gasteiger partial charge in [0.2, 0.25) is 0 Å². The van der Waals surface area contributed by atoms with E-state index in [4.69, 9.17) is 0 Å². The maximum absolute atomic E-state index is 13.0. The fraction of sp³-hybridized carbons (Fsp3) is 0.182. The van der Waals surface area contributed by atoms with E-state index in [1.165, 1.54) is 16.9 Å². The number of aromatic nitrogens is 4. The van der Waals surface area contributed by atoms with Crippen molar-refractivity contribution < 1.29 is 18.0 Å². The first-order valence-corrected chi connectivity index (χ1v) is 9.73. The summed E-state index contributed by atoms with van der Waals surface area (Å²) >= 11 is 0. The Morgan fingerprint density at radius 3 is 2.59 bits per heavy atom. The lowest BCUT2D eigenvalue weighted by Gasteiger charge is -2.13. The molecule has 0 aliphatic rings. The monoisotopic (exact) mass is 440 g/mol. The molecule has 0 atom stereocenters. The molecule has 0 aliphatic heterocycles. The predicted octanol–water partition coefficient (Wildman–Crippen LogP) is 3.92. The number of benzene rings is 2. The highest BCUT2D eigenvalue weighted by Gasteiger charge is 2.30. The van der Waals surface area contributed by atoms with Crippen molar-refractivity contribution in [3.05, 3.63) is 83.4 Å². The number of hydrogen-bond acceptors (Lipinski definition) is 5. The standard InChI is InChI=1S/C22H19F3N6O/c1-31-18(9-10-28-31)21(32)27-13-19-29-17-8-3-2-7-16(17)20(30-19)26-12-14-5-4-6-15(11-14)22(23,24)25/h2-11H,12-13H2,1H3,(H,27,32)(H,26,29,30). The maximum Gasteiger partial charge on any atom is 0.416 e. The lowest BCUT2D eigenvalue weighted by atomic mass is 10.1. The van der Waals surface area contributed by atoms with Crippen LogP contribution in [0.3, 0.4) is 0 Å². The number of rotatable bonds is 6. The van der Waals surface area contributed by atoms with Gasteiger partial charge in [-0.1, -0.05) is 24.3 Å². The number of nitrogens with zero attached hydrogens (tertiary/aromatic N) is 4. The fourth-order valence-electron chi connectivity index (χ4n) is 3.23. The quantitative estimate of drug-likeness (QED) is 0.475. The second-order valence-electron chi connectivity index (χ2n) is 7.08. The van der Waals surface area contributed by atoms with Crippen LogP contribution in [0.5, 0.6) is 0 Å². The van der Waals surface area contributed by atoms with Crippen molar-refractivity contribution in [3.8, 4) is 0 Å². The molecule has 0 saturated heterocycles. The van der Waals surface area contributed by atoms with Crippen molar-refractivity contribution in [1.82, 2.24) is 25.1 Å². The Morgan fingerprint density at radius 2 is 1.84 bits per heavy atom. The molecule has 0 unspecified atom stereocenters. The minimum absolute atomic E-state index is 0.0765. The number of fused-ring (bicyclic) bond motifs is 1. The van der Waals surface area contributed by atoms with E-state index in [0.29, 0.717) is 28.4 Å². The van der Waals surface area contributed by atoms with Gasteiger partial charge in [-0.15, -0.1) is 0 Å². The molecule has 1 amide bonds. The smallest absolute Gasteiger partial charge is 0.365 e. The first-order valence-electron chi connectivity index (χ1n) is 9.73. The molecule has 2 aromatic carbocycles. The molecule has 2 aromatic heterocycles. The van der Waals surface area contributed by atoms with Crippen LogP contribution in [0, 0.1) is 0 Å². The number of anilines is 1. The number of para-hydroxylation sites is 1. The van der Waals surface area contributed by atoms with E-state index in [1.807, 2.05) is 18.2 Å². The van der Waals surface area contributed by atoms with Crippen molar-refractivity contribution in [2.75, 3.05) is 5.32 Å². The van der Waals surface area contributed by atoms with E-state index in [-0.39, 0.29) is 19.0 Å². The predicted molar refractivity (Wildman–Crippen MR) is 113 cm³/mol. The Kier molecular flexibility index (Phi) is 5.76. The zero-order valence-corrected chi connectivity index (χ0v) is 17.0. The normalized spacial score (nSPS) is 11.5. The van der Waals surface area contributed by atoms with E-state index >= 15 is 0 Å². The van der Waals surface area contributed by atoms with Crippen LogP contribution in [0.15, 0.2) is 60.8 Å². The lowest BCUT2D eigenvalue weighted by molar-refractivity contribution is -0.137. The molecule has 7 nitrogen and oxygen atoms in total. The number of nitrogens with one attached hydrogen (secondary N) is 2. The van der Waals surface area contributed by atoms with Crippen molar-refractivity contribution in [2.45, 2.75) is 19.3 Å². The number of carbonyl (C=O) groups excluding carboxylic acids is 1. The Labute approximate surface area is 181 Å². The summed E-state index contributed by atoms with van der Waals surface area (Å²) in [6.07, 6.45) is -2.88. The highest BCUT2D eigenvalue weighted by molar-refractivity contribution is 5.92. The Hall–Kier alpha value is -3.95. The average molecular weight is 440 g/mol. The van der Waals surface area contributed by atoms with Crippen molar-refractivity contribution in [1.29, 1.82) is 0 Å². The van der Waals surface area contributed by atoms with Crippen LogP contribution in [-0.2, 0) is 26.3 Å². The van der Waals surface area contributed by atoms with Crippen LogP contribution >= 0.6 is 0 Å². The average Bonchev–Trinajstić information content (AvgIpc) is 3.21. The van der Waals surface area contributed by atoms with Gasteiger partial charge in [0, 0.05) is 25.2 Å². The summed E-state index contributed by atoms with van der Waals surface area (Å²) in [6, 6.07) is 14.0. The van der Waals surface area contributed by atoms with E-state index in [0.717, 1.165) is 17.5 Å². The lowest BCUT2D eigenvalue weighted by Crippen LogP contribution is -2.26. The van der Waals surface area contributed by atoms with Crippen LogP contribution in [-0.4, -0.2) is 25.7 Å². The molecule has 2 heterocycles. The summed E-state index contributed by atoms with van der Waals surface area (Å²) in [5.41, 5.74) is 0.809. The number of halogens is 3. The molecule has 2 N–H and O–H groups in total. The van der Waals surface area contributed by atoms with E-state index in [1.54, 1.807) is 25.2 Å². The first-order chi connectivity index (χ1) is 15.3. The van der Waals surface area contributed by atoms with E-state index < -0.39 is 11.7 Å². The third-order valence-electron chi connectivity index (χ3n) is 4.82. The summed E-state index contributed by atoms with van der Waals surface area (Å²) in [5.74, 6) is 0.517. The number of amides is 1. The number of alkyl halides is 3. The first kappa shape index (κ1) is 21.3. The molecule has 0 aliphatic carbocycles. The Bertz CT molecular complexity index is 1270. The SMILES string of the molecule is Cn1nccc1C(=O)NCc1nc(NCc2cccc(C(F)(F)F)c2)c2ccccc2n1. The number of carbonyl (C=O) groups is 1. The van der Waals surface area contributed by atoms with Crippen LogP contribution in [0.4, 0.5) is 19.0 Å². The van der Waals surface area contributed by atoms with Gasteiger partial charge in [-0.3, -0.25) is 9.48 Å². The van der Waals surface area contributed by atoms with Crippen molar-refractivity contribution in [2.24, 2.45) is 7.05 Å². The van der Waals surface area contributed by atoms with Gasteiger partial charge in [0.1, 0.15) is 11.5 Å². The minimum Gasteiger partial charge on any atom is -0.365 e. The van der Waals surface area contributed by atoms with Crippen LogP contribution in [0.25, 0.3) is 10.9 Å². The molecule has 10 heteroatoms. The molecule has 0 saturated carbocycles. The molecular weight excluding hydrogens is 421 g/mol. The molecule has 0 radical (unpaired) electrons. The molecular formula is C22H19F3N6O. The third kappa shape index (κ3) is 4.69. The van der Waals surface area contributed by atoms with Crippen molar-refractivity contribution in [3.63, 3.8) is 0 Å². The van der Waals surface area contributed by atoms with Gasteiger partial charge in [0.05, 0.1) is 17.6 Å². The highest BCUT2D eigenvalue weighted by atomic mass is 19.4. The van der Waals surface area contributed by atoms with Crippen LogP contribution < -0.4 is 10.6 Å². The fourth-order valence-corrected chi connectivity index (χ4v) is 3.23. The molecule has 164 valence electrons. The second kappa shape index (κ2) is 8.66. The summed E-state index contributed by atoms with van der Waals surface area (Å²) in [5, 5.41) is 10.5. The van der Waals surface area contributed by atoms with Gasteiger partial charge in [-0.25, -0.2) is 9.97 Å². The molecule has 4 aromatic rings. The number of aryl methyl sites for hydroxylation is 1. The molecule has 0 spiro atoms. The maximum atomic E-state index is 13.0. The summed E-state index contributed by atoms with van der Waals surface area (Å²) in [4.78, 5) is 21.3. The molecule has 0 bridgehead atoms. The van der Waals surface area contributed by atoms with Crippen LogP contribution in [0.1, 0.15) is 27.4 Å². The van der Waals surface area contributed by atoms with Gasteiger partial charge < -0.3 is 10.6 Å². The second-order valence-corrected chi connectivity index (χ2v) is 7.08.